The molecule has 3 rings (SSSR count). The van der Waals surface area contributed by atoms with E-state index in [9.17, 15) is 14.7 Å². The molecule has 0 aliphatic carbocycles. The van der Waals surface area contributed by atoms with Crippen molar-refractivity contribution in [3.63, 3.8) is 0 Å². The van der Waals surface area contributed by atoms with E-state index in [1.165, 1.54) is 15.2 Å². The molecule has 3 aromatic rings. The minimum Gasteiger partial charge on any atom is -0.394 e. The molecule has 146 valence electrons. The zero-order chi connectivity index (χ0) is 20.3. The molecule has 0 spiro atoms. The van der Waals surface area contributed by atoms with Crippen molar-refractivity contribution in [1.29, 1.82) is 0 Å². The first-order valence-corrected chi connectivity index (χ1v) is 8.89. The third-order valence-electron chi connectivity index (χ3n) is 4.09. The van der Waals surface area contributed by atoms with E-state index in [2.05, 4.69) is 16.9 Å². The second kappa shape index (κ2) is 8.39. The van der Waals surface area contributed by atoms with Crippen molar-refractivity contribution in [2.45, 2.75) is 12.6 Å². The third-order valence-corrected chi connectivity index (χ3v) is 4.33. The van der Waals surface area contributed by atoms with Crippen molar-refractivity contribution in [2.75, 3.05) is 13.2 Å². The number of amides is 1. The number of nitrogens with zero attached hydrogens (tertiary/aromatic N) is 3. The highest BCUT2D eigenvalue weighted by Gasteiger charge is 2.17. The number of imidazole rings is 1. The monoisotopic (exact) mass is 402 g/mol. The van der Waals surface area contributed by atoms with Crippen LogP contribution in [0.5, 0.6) is 0 Å². The number of aliphatic hydroxyl groups excluding tert-OH is 2. The van der Waals surface area contributed by atoms with Crippen molar-refractivity contribution in [3.05, 3.63) is 70.4 Å². The highest BCUT2D eigenvalue weighted by Crippen LogP contribution is 2.22. The summed E-state index contributed by atoms with van der Waals surface area (Å²) in [6, 6.07) is 7.08. The van der Waals surface area contributed by atoms with Gasteiger partial charge in [-0.05, 0) is 12.1 Å². The van der Waals surface area contributed by atoms with Crippen LogP contribution < -0.4 is 10.9 Å². The standard InChI is InChI=1S/C19H19ClN4O4/c1-2-6-24-16(12-4-3-5-13(20)7-12)10-23-9-15(22-17(23)19(24)28)18(27)21-8-14(26)11-25/h2-5,7,9-10,14,25-26H,1,6,8,11H2,(H,21,27). The first-order valence-electron chi connectivity index (χ1n) is 8.51. The van der Waals surface area contributed by atoms with Crippen LogP contribution in [-0.4, -0.2) is 49.3 Å². The molecule has 9 heteroatoms. The van der Waals surface area contributed by atoms with Crippen molar-refractivity contribution in [3.8, 4) is 11.3 Å². The fourth-order valence-electron chi connectivity index (χ4n) is 2.75. The Balaban J connectivity index is 2.08. The molecule has 1 aromatic carbocycles. The predicted octanol–water partition coefficient (Wildman–Crippen LogP) is 1.09. The summed E-state index contributed by atoms with van der Waals surface area (Å²) in [4.78, 5) is 29.3. The number of hydrogen-bond acceptors (Lipinski definition) is 5. The van der Waals surface area contributed by atoms with Crippen LogP contribution in [0.25, 0.3) is 16.9 Å². The number of halogens is 1. The van der Waals surface area contributed by atoms with Crippen molar-refractivity contribution < 1.29 is 15.0 Å². The zero-order valence-corrected chi connectivity index (χ0v) is 15.6. The first-order chi connectivity index (χ1) is 13.4. The Kier molecular flexibility index (Phi) is 5.93. The smallest absolute Gasteiger partial charge is 0.295 e. The average molecular weight is 403 g/mol. The largest absolute Gasteiger partial charge is 0.394 e. The number of rotatable bonds is 7. The van der Waals surface area contributed by atoms with Gasteiger partial charge in [0.1, 0.15) is 5.69 Å². The number of aromatic nitrogens is 3. The molecule has 0 saturated heterocycles. The molecule has 2 aromatic heterocycles. The molecule has 0 aliphatic heterocycles. The summed E-state index contributed by atoms with van der Waals surface area (Å²) >= 11 is 6.08. The highest BCUT2D eigenvalue weighted by molar-refractivity contribution is 6.30. The van der Waals surface area contributed by atoms with E-state index < -0.39 is 18.6 Å². The maximum atomic E-state index is 12.9. The lowest BCUT2D eigenvalue weighted by molar-refractivity contribution is 0.0799. The molecule has 8 nitrogen and oxygen atoms in total. The number of benzene rings is 1. The van der Waals surface area contributed by atoms with E-state index in [4.69, 9.17) is 16.7 Å². The van der Waals surface area contributed by atoms with Gasteiger partial charge >= 0.3 is 0 Å². The topological polar surface area (TPSA) is 109 Å². The Morgan fingerprint density at radius 2 is 2.18 bits per heavy atom. The van der Waals surface area contributed by atoms with Gasteiger partial charge in [-0.2, -0.15) is 0 Å². The molecular formula is C19H19ClN4O4. The number of fused-ring (bicyclic) bond motifs is 1. The zero-order valence-electron chi connectivity index (χ0n) is 14.9. The molecule has 1 amide bonds. The van der Waals surface area contributed by atoms with Gasteiger partial charge in [-0.1, -0.05) is 29.8 Å². The van der Waals surface area contributed by atoms with E-state index in [0.717, 1.165) is 5.56 Å². The summed E-state index contributed by atoms with van der Waals surface area (Å²) in [5.41, 5.74) is 1.06. The fourth-order valence-corrected chi connectivity index (χ4v) is 2.94. The van der Waals surface area contributed by atoms with Crippen molar-refractivity contribution in [1.82, 2.24) is 19.3 Å². The molecule has 0 radical (unpaired) electrons. The molecule has 2 heterocycles. The van der Waals surface area contributed by atoms with E-state index in [1.807, 2.05) is 6.07 Å². The minimum absolute atomic E-state index is 0.0237. The van der Waals surface area contributed by atoms with Gasteiger partial charge in [-0.3, -0.25) is 18.6 Å². The number of hydrogen-bond donors (Lipinski definition) is 3. The predicted molar refractivity (Wildman–Crippen MR) is 106 cm³/mol. The molecule has 0 bridgehead atoms. The van der Waals surface area contributed by atoms with Crippen LogP contribution in [0.15, 0.2) is 54.1 Å². The number of aliphatic hydroxyl groups is 2. The van der Waals surface area contributed by atoms with Crippen LogP contribution in [0.2, 0.25) is 5.02 Å². The Morgan fingerprint density at radius 3 is 2.86 bits per heavy atom. The maximum absolute atomic E-state index is 12.9. The van der Waals surface area contributed by atoms with Crippen LogP contribution in [0, 0.1) is 0 Å². The van der Waals surface area contributed by atoms with Gasteiger partial charge in [0.05, 0.1) is 18.4 Å². The van der Waals surface area contributed by atoms with Gasteiger partial charge < -0.3 is 15.5 Å². The Bertz CT molecular complexity index is 1090. The normalized spacial score (nSPS) is 12.1. The number of nitrogens with one attached hydrogen (secondary N) is 1. The van der Waals surface area contributed by atoms with Crippen molar-refractivity contribution >= 4 is 23.2 Å². The van der Waals surface area contributed by atoms with E-state index in [0.29, 0.717) is 10.7 Å². The van der Waals surface area contributed by atoms with E-state index in [1.54, 1.807) is 30.5 Å². The summed E-state index contributed by atoms with van der Waals surface area (Å²) in [6.07, 6.45) is 3.65. The number of carbonyl (C=O) groups excluding carboxylic acids is 1. The molecule has 1 unspecified atom stereocenters. The van der Waals surface area contributed by atoms with E-state index in [-0.39, 0.29) is 30.0 Å². The lowest BCUT2D eigenvalue weighted by Crippen LogP contribution is -2.34. The number of allylic oxidation sites excluding steroid dienone is 1. The molecule has 3 N–H and O–H groups in total. The Labute approximate surface area is 165 Å². The van der Waals surface area contributed by atoms with Gasteiger partial charge in [-0.25, -0.2) is 4.98 Å². The van der Waals surface area contributed by atoms with Gasteiger partial charge in [0, 0.05) is 36.1 Å². The highest BCUT2D eigenvalue weighted by atomic mass is 35.5. The minimum atomic E-state index is -1.07. The second-order valence-corrected chi connectivity index (χ2v) is 6.57. The SMILES string of the molecule is C=CCn1c(-c2cccc(Cl)c2)cn2cc(C(=O)NCC(O)CO)nc2c1=O. The lowest BCUT2D eigenvalue weighted by atomic mass is 10.1. The van der Waals surface area contributed by atoms with Gasteiger partial charge in [0.25, 0.3) is 11.5 Å². The molecular weight excluding hydrogens is 384 g/mol. The molecule has 0 saturated carbocycles. The molecule has 0 fully saturated rings. The Hall–Kier alpha value is -2.94. The summed E-state index contributed by atoms with van der Waals surface area (Å²) in [5, 5.41) is 21.2. The van der Waals surface area contributed by atoms with Crippen LogP contribution in [0.1, 0.15) is 10.5 Å². The molecule has 28 heavy (non-hydrogen) atoms. The Morgan fingerprint density at radius 1 is 1.39 bits per heavy atom. The molecule has 1 atom stereocenters. The van der Waals surface area contributed by atoms with Gasteiger partial charge in [0.2, 0.25) is 5.65 Å². The maximum Gasteiger partial charge on any atom is 0.295 e. The van der Waals surface area contributed by atoms with E-state index >= 15 is 0 Å². The second-order valence-electron chi connectivity index (χ2n) is 6.13. The van der Waals surface area contributed by atoms with Crippen molar-refractivity contribution in [2.24, 2.45) is 0 Å². The summed E-state index contributed by atoms with van der Waals surface area (Å²) in [6.45, 7) is 3.35. The van der Waals surface area contributed by atoms with Crippen LogP contribution >= 0.6 is 11.6 Å². The fraction of sp³-hybridized carbons (Fsp3) is 0.211. The molecule has 0 aliphatic rings. The quantitative estimate of drug-likeness (QED) is 0.512. The van der Waals surface area contributed by atoms with Gasteiger partial charge in [-0.15, -0.1) is 6.58 Å². The third kappa shape index (κ3) is 3.99. The van der Waals surface area contributed by atoms with Gasteiger partial charge in [0.15, 0.2) is 0 Å². The van der Waals surface area contributed by atoms with Crippen LogP contribution in [0.3, 0.4) is 0 Å². The summed E-state index contributed by atoms with van der Waals surface area (Å²) in [5.74, 6) is -0.560. The van der Waals surface area contributed by atoms with Crippen LogP contribution in [0.4, 0.5) is 0 Å². The summed E-state index contributed by atoms with van der Waals surface area (Å²) < 4.78 is 2.98. The first kappa shape index (κ1) is 19.8. The lowest BCUT2D eigenvalue weighted by Gasteiger charge is -2.12. The average Bonchev–Trinajstić information content (AvgIpc) is 3.12. The number of carbonyl (C=O) groups is 1. The summed E-state index contributed by atoms with van der Waals surface area (Å²) in [7, 11) is 0. The van der Waals surface area contributed by atoms with Crippen LogP contribution in [-0.2, 0) is 6.54 Å².